The molecular formula is C19H16FN3OS. The zero-order valence-corrected chi connectivity index (χ0v) is 14.5. The number of hydrogen-bond acceptors (Lipinski definition) is 4. The molecule has 0 aliphatic carbocycles. The topological polar surface area (TPSA) is 46.1 Å². The van der Waals surface area contributed by atoms with E-state index in [1.165, 1.54) is 23.5 Å². The molecule has 1 aromatic carbocycles. The van der Waals surface area contributed by atoms with E-state index < -0.39 is 0 Å². The van der Waals surface area contributed by atoms with Crippen molar-refractivity contribution in [3.8, 4) is 10.7 Å². The van der Waals surface area contributed by atoms with E-state index in [2.05, 4.69) is 9.97 Å². The fraction of sp³-hybridized carbons (Fsp3) is 0.211. The maximum absolute atomic E-state index is 13.7. The van der Waals surface area contributed by atoms with Crippen LogP contribution < -0.4 is 4.90 Å². The summed E-state index contributed by atoms with van der Waals surface area (Å²) in [5, 5.41) is 0.719. The Kier molecular flexibility index (Phi) is 4.05. The molecule has 0 fully saturated rings. The first-order valence-corrected chi connectivity index (χ1v) is 8.93. The molecule has 3 heterocycles. The van der Waals surface area contributed by atoms with Crippen molar-refractivity contribution in [1.29, 1.82) is 0 Å². The first-order chi connectivity index (χ1) is 12.1. The monoisotopic (exact) mass is 353 g/mol. The van der Waals surface area contributed by atoms with Gasteiger partial charge in [-0.1, -0.05) is 6.07 Å². The quantitative estimate of drug-likeness (QED) is 0.692. The summed E-state index contributed by atoms with van der Waals surface area (Å²) >= 11 is 1.33. The summed E-state index contributed by atoms with van der Waals surface area (Å²) in [5.41, 5.74) is 3.28. The van der Waals surface area contributed by atoms with Gasteiger partial charge in [0.2, 0.25) is 0 Å². The van der Waals surface area contributed by atoms with Crippen molar-refractivity contribution < 1.29 is 9.18 Å². The summed E-state index contributed by atoms with van der Waals surface area (Å²) in [6, 6.07) is 8.63. The average molecular weight is 353 g/mol. The highest BCUT2D eigenvalue weighted by atomic mass is 32.1. The highest BCUT2D eigenvalue weighted by Crippen LogP contribution is 2.34. The van der Waals surface area contributed by atoms with Crippen LogP contribution in [-0.4, -0.2) is 22.4 Å². The lowest BCUT2D eigenvalue weighted by molar-refractivity contribution is 0.0988. The van der Waals surface area contributed by atoms with Crippen molar-refractivity contribution in [3.05, 3.63) is 64.5 Å². The Morgan fingerprint density at radius 3 is 2.96 bits per heavy atom. The summed E-state index contributed by atoms with van der Waals surface area (Å²) in [7, 11) is 0. The Labute approximate surface area is 149 Å². The molecular weight excluding hydrogens is 337 g/mol. The summed E-state index contributed by atoms with van der Waals surface area (Å²) in [6.07, 6.45) is 4.92. The van der Waals surface area contributed by atoms with Gasteiger partial charge in [0, 0.05) is 12.7 Å². The number of hydrogen-bond donors (Lipinski definition) is 0. The summed E-state index contributed by atoms with van der Waals surface area (Å²) in [4.78, 5) is 24.0. The van der Waals surface area contributed by atoms with Gasteiger partial charge in [-0.3, -0.25) is 9.78 Å². The third-order valence-corrected chi connectivity index (χ3v) is 5.30. The van der Waals surface area contributed by atoms with Gasteiger partial charge in [-0.05, 0) is 55.2 Å². The molecule has 1 amide bonds. The molecule has 4 nitrogen and oxygen atoms in total. The van der Waals surface area contributed by atoms with Gasteiger partial charge >= 0.3 is 0 Å². The summed E-state index contributed by atoms with van der Waals surface area (Å²) in [6.45, 7) is 2.48. The maximum Gasteiger partial charge on any atom is 0.270 e. The number of halogens is 1. The standard InChI is InChI=1S/C19H16FN3OS/c1-12-9-14(20)10-13-5-4-8-23(17(12)13)19(24)16-11-22-18(25-16)15-6-2-3-7-21-15/h2-3,6-7,9-11H,4-5,8H2,1H3. The number of anilines is 1. The molecule has 126 valence electrons. The Bertz CT molecular complexity index is 939. The van der Waals surface area contributed by atoms with E-state index in [1.807, 2.05) is 25.1 Å². The highest BCUT2D eigenvalue weighted by molar-refractivity contribution is 7.17. The summed E-state index contributed by atoms with van der Waals surface area (Å²) < 4.78 is 13.7. The van der Waals surface area contributed by atoms with Gasteiger partial charge in [0.1, 0.15) is 15.7 Å². The molecule has 3 aromatic rings. The van der Waals surface area contributed by atoms with Crippen molar-refractivity contribution in [1.82, 2.24) is 9.97 Å². The Balaban J connectivity index is 1.69. The number of benzene rings is 1. The number of fused-ring (bicyclic) bond motifs is 1. The number of carbonyl (C=O) groups excluding carboxylic acids is 1. The van der Waals surface area contributed by atoms with E-state index in [4.69, 9.17) is 0 Å². The van der Waals surface area contributed by atoms with Crippen LogP contribution in [0.1, 0.15) is 27.2 Å². The molecule has 1 aliphatic heterocycles. The first-order valence-electron chi connectivity index (χ1n) is 8.11. The van der Waals surface area contributed by atoms with Crippen LogP contribution in [-0.2, 0) is 6.42 Å². The molecule has 0 unspecified atom stereocenters. The van der Waals surface area contributed by atoms with Crippen molar-refractivity contribution in [2.75, 3.05) is 11.4 Å². The number of thiazole rings is 1. The molecule has 0 saturated carbocycles. The molecule has 0 saturated heterocycles. The molecule has 2 aromatic heterocycles. The molecule has 1 aliphatic rings. The predicted octanol–water partition coefficient (Wildman–Crippen LogP) is 4.25. The van der Waals surface area contributed by atoms with Crippen LogP contribution in [0.4, 0.5) is 10.1 Å². The number of aromatic nitrogens is 2. The van der Waals surface area contributed by atoms with E-state index >= 15 is 0 Å². The van der Waals surface area contributed by atoms with Gasteiger partial charge in [0.15, 0.2) is 0 Å². The molecule has 0 bridgehead atoms. The lowest BCUT2D eigenvalue weighted by Crippen LogP contribution is -2.35. The molecule has 0 spiro atoms. The number of carbonyl (C=O) groups is 1. The van der Waals surface area contributed by atoms with Gasteiger partial charge in [0.25, 0.3) is 5.91 Å². The lowest BCUT2D eigenvalue weighted by Gasteiger charge is -2.30. The summed E-state index contributed by atoms with van der Waals surface area (Å²) in [5.74, 6) is -0.337. The van der Waals surface area contributed by atoms with Crippen LogP contribution in [0.3, 0.4) is 0 Å². The third-order valence-electron chi connectivity index (χ3n) is 4.29. The predicted molar refractivity (Wildman–Crippen MR) is 96.5 cm³/mol. The first kappa shape index (κ1) is 15.9. The van der Waals surface area contributed by atoms with Crippen LogP contribution in [0.5, 0.6) is 0 Å². The minimum absolute atomic E-state index is 0.0876. The second-order valence-corrected chi connectivity index (χ2v) is 7.07. The molecule has 6 heteroatoms. The van der Waals surface area contributed by atoms with Crippen LogP contribution >= 0.6 is 11.3 Å². The van der Waals surface area contributed by atoms with Crippen molar-refractivity contribution in [2.24, 2.45) is 0 Å². The van der Waals surface area contributed by atoms with E-state index in [9.17, 15) is 9.18 Å². The number of aryl methyl sites for hydroxylation is 2. The lowest BCUT2D eigenvalue weighted by atomic mass is 9.98. The Morgan fingerprint density at radius 2 is 2.16 bits per heavy atom. The second-order valence-electron chi connectivity index (χ2n) is 6.04. The maximum atomic E-state index is 13.7. The third kappa shape index (κ3) is 2.93. The molecule has 25 heavy (non-hydrogen) atoms. The largest absolute Gasteiger partial charge is 0.307 e. The van der Waals surface area contributed by atoms with E-state index in [1.54, 1.807) is 17.3 Å². The van der Waals surface area contributed by atoms with Gasteiger partial charge in [0.05, 0.1) is 17.6 Å². The zero-order valence-electron chi connectivity index (χ0n) is 13.7. The SMILES string of the molecule is Cc1cc(F)cc2c1N(C(=O)c1cnc(-c3ccccn3)s1)CCC2. The Hall–Kier alpha value is -2.60. The Morgan fingerprint density at radius 1 is 1.28 bits per heavy atom. The molecule has 0 N–H and O–H groups in total. The van der Waals surface area contributed by atoms with Crippen LogP contribution in [0.25, 0.3) is 10.7 Å². The van der Waals surface area contributed by atoms with E-state index in [0.717, 1.165) is 40.4 Å². The molecule has 0 atom stereocenters. The number of amides is 1. The normalized spacial score (nSPS) is 13.6. The minimum atomic E-state index is -0.249. The van der Waals surface area contributed by atoms with Crippen molar-refractivity contribution in [2.45, 2.75) is 19.8 Å². The average Bonchev–Trinajstić information content (AvgIpc) is 3.11. The fourth-order valence-electron chi connectivity index (χ4n) is 3.24. The van der Waals surface area contributed by atoms with Gasteiger partial charge in [-0.25, -0.2) is 9.37 Å². The smallest absolute Gasteiger partial charge is 0.270 e. The van der Waals surface area contributed by atoms with Gasteiger partial charge in [-0.15, -0.1) is 11.3 Å². The van der Waals surface area contributed by atoms with Gasteiger partial charge < -0.3 is 4.90 Å². The van der Waals surface area contributed by atoms with Crippen LogP contribution in [0, 0.1) is 12.7 Å². The number of rotatable bonds is 2. The van der Waals surface area contributed by atoms with Crippen LogP contribution in [0.2, 0.25) is 0 Å². The zero-order chi connectivity index (χ0) is 17.4. The van der Waals surface area contributed by atoms with Gasteiger partial charge in [-0.2, -0.15) is 0 Å². The fourth-order valence-corrected chi connectivity index (χ4v) is 4.08. The van der Waals surface area contributed by atoms with Crippen molar-refractivity contribution >= 4 is 22.9 Å². The number of pyridine rings is 1. The molecule has 0 radical (unpaired) electrons. The van der Waals surface area contributed by atoms with E-state index in [0.29, 0.717) is 11.4 Å². The number of nitrogens with zero attached hydrogens (tertiary/aromatic N) is 3. The van der Waals surface area contributed by atoms with E-state index in [-0.39, 0.29) is 11.7 Å². The minimum Gasteiger partial charge on any atom is -0.307 e. The van der Waals surface area contributed by atoms with Crippen LogP contribution in [0.15, 0.2) is 42.7 Å². The second kappa shape index (κ2) is 6.37. The molecule has 4 rings (SSSR count). The highest BCUT2D eigenvalue weighted by Gasteiger charge is 2.27. The van der Waals surface area contributed by atoms with Crippen molar-refractivity contribution in [3.63, 3.8) is 0 Å².